The first-order chi connectivity index (χ1) is 16.0. The van der Waals surface area contributed by atoms with Crippen molar-refractivity contribution in [3.8, 4) is 23.3 Å². The normalized spacial score (nSPS) is 14.5. The molecular formula is C26H19ClN2O4. The molecule has 0 bridgehead atoms. The Balaban J connectivity index is 1.67. The Morgan fingerprint density at radius 1 is 1.15 bits per heavy atom. The van der Waals surface area contributed by atoms with Crippen LogP contribution in [0.5, 0.6) is 17.2 Å². The van der Waals surface area contributed by atoms with Crippen LogP contribution < -0.4 is 19.9 Å². The first kappa shape index (κ1) is 22.0. The molecule has 3 aromatic rings. The number of allylic oxidation sites excluding steroid dienone is 1. The van der Waals surface area contributed by atoms with Gasteiger partial charge in [0.15, 0.2) is 0 Å². The zero-order valence-electron chi connectivity index (χ0n) is 17.5. The van der Waals surface area contributed by atoms with Crippen molar-refractivity contribution in [1.29, 1.82) is 5.26 Å². The molecule has 7 heteroatoms. The number of hydrogen-bond acceptors (Lipinski definition) is 6. The van der Waals surface area contributed by atoms with Gasteiger partial charge in [-0.05, 0) is 48.0 Å². The standard InChI is InChI=1S/C26H19ClN2O4/c1-2-12-31-19-5-3-4-17(13-19)24-21-11-10-20(14-23(21)33-25(29)22(24)15-28)32-26(30)16-6-8-18(27)9-7-16/h2-11,13-14,24H,1,12,29H2. The van der Waals surface area contributed by atoms with Crippen LogP contribution in [0, 0.1) is 11.3 Å². The van der Waals surface area contributed by atoms with Gasteiger partial charge in [0.2, 0.25) is 5.88 Å². The van der Waals surface area contributed by atoms with E-state index in [2.05, 4.69) is 12.6 Å². The number of carbonyl (C=O) groups is 1. The lowest BCUT2D eigenvalue weighted by molar-refractivity contribution is 0.0734. The summed E-state index contributed by atoms with van der Waals surface area (Å²) in [5.74, 6) is 0.316. The molecule has 0 spiro atoms. The Morgan fingerprint density at radius 3 is 2.67 bits per heavy atom. The molecule has 0 saturated carbocycles. The summed E-state index contributed by atoms with van der Waals surface area (Å²) in [6, 6.07) is 20.9. The molecule has 33 heavy (non-hydrogen) atoms. The summed E-state index contributed by atoms with van der Waals surface area (Å²) in [5, 5.41) is 10.3. The smallest absolute Gasteiger partial charge is 0.343 e. The highest BCUT2D eigenvalue weighted by molar-refractivity contribution is 6.30. The predicted octanol–water partition coefficient (Wildman–Crippen LogP) is 5.34. The van der Waals surface area contributed by atoms with Crippen LogP contribution in [0.3, 0.4) is 0 Å². The van der Waals surface area contributed by atoms with Crippen molar-refractivity contribution < 1.29 is 19.0 Å². The third-order valence-corrected chi connectivity index (χ3v) is 5.29. The molecule has 6 nitrogen and oxygen atoms in total. The monoisotopic (exact) mass is 458 g/mol. The fraction of sp³-hybridized carbons (Fsp3) is 0.0769. The molecule has 0 aromatic heterocycles. The van der Waals surface area contributed by atoms with Gasteiger partial charge in [0.25, 0.3) is 0 Å². The molecule has 0 saturated heterocycles. The van der Waals surface area contributed by atoms with E-state index in [9.17, 15) is 10.1 Å². The number of carbonyl (C=O) groups excluding carboxylic acids is 1. The quantitative estimate of drug-likeness (QED) is 0.304. The highest BCUT2D eigenvalue weighted by Crippen LogP contribution is 2.44. The molecule has 4 rings (SSSR count). The predicted molar refractivity (Wildman–Crippen MR) is 124 cm³/mol. The van der Waals surface area contributed by atoms with Crippen LogP contribution in [-0.2, 0) is 0 Å². The number of ether oxygens (including phenoxy) is 3. The SMILES string of the molecule is C=CCOc1cccc(C2C(C#N)=C(N)Oc3cc(OC(=O)c4ccc(Cl)cc4)ccc32)c1. The largest absolute Gasteiger partial charge is 0.490 e. The molecule has 0 fully saturated rings. The van der Waals surface area contributed by atoms with Gasteiger partial charge in [-0.25, -0.2) is 4.79 Å². The van der Waals surface area contributed by atoms with Crippen molar-refractivity contribution >= 4 is 17.6 Å². The Morgan fingerprint density at radius 2 is 1.94 bits per heavy atom. The lowest BCUT2D eigenvalue weighted by atomic mass is 9.83. The molecule has 1 aliphatic heterocycles. The fourth-order valence-electron chi connectivity index (χ4n) is 3.53. The van der Waals surface area contributed by atoms with Crippen LogP contribution >= 0.6 is 11.6 Å². The number of nitriles is 1. The molecular weight excluding hydrogens is 440 g/mol. The Labute approximate surface area is 196 Å². The summed E-state index contributed by atoms with van der Waals surface area (Å²) in [6.45, 7) is 4.01. The van der Waals surface area contributed by atoms with Crippen LogP contribution in [-0.4, -0.2) is 12.6 Å². The van der Waals surface area contributed by atoms with E-state index in [1.165, 1.54) is 0 Å². The van der Waals surface area contributed by atoms with E-state index in [1.54, 1.807) is 48.5 Å². The lowest BCUT2D eigenvalue weighted by Gasteiger charge is -2.27. The summed E-state index contributed by atoms with van der Waals surface area (Å²) in [5.41, 5.74) is 8.25. The number of nitrogens with zero attached hydrogens (tertiary/aromatic N) is 1. The summed E-state index contributed by atoms with van der Waals surface area (Å²) >= 11 is 5.87. The van der Waals surface area contributed by atoms with E-state index in [4.69, 9.17) is 31.5 Å². The molecule has 1 aliphatic rings. The van der Waals surface area contributed by atoms with Crippen molar-refractivity contribution in [2.45, 2.75) is 5.92 Å². The van der Waals surface area contributed by atoms with E-state index in [1.807, 2.05) is 24.3 Å². The third-order valence-electron chi connectivity index (χ3n) is 5.04. The minimum atomic E-state index is -0.535. The molecule has 164 valence electrons. The summed E-state index contributed by atoms with van der Waals surface area (Å²) in [4.78, 5) is 12.5. The zero-order valence-corrected chi connectivity index (χ0v) is 18.2. The van der Waals surface area contributed by atoms with E-state index in [0.29, 0.717) is 34.3 Å². The van der Waals surface area contributed by atoms with Crippen LogP contribution in [0.4, 0.5) is 0 Å². The number of fused-ring (bicyclic) bond motifs is 1. The summed E-state index contributed by atoms with van der Waals surface area (Å²) in [7, 11) is 0. The number of esters is 1. The van der Waals surface area contributed by atoms with E-state index in [-0.39, 0.29) is 17.2 Å². The van der Waals surface area contributed by atoms with Gasteiger partial charge >= 0.3 is 5.97 Å². The molecule has 1 atom stereocenters. The molecule has 0 amide bonds. The van der Waals surface area contributed by atoms with Crippen LogP contribution in [0.2, 0.25) is 5.02 Å². The zero-order chi connectivity index (χ0) is 23.4. The van der Waals surface area contributed by atoms with E-state index < -0.39 is 11.9 Å². The summed E-state index contributed by atoms with van der Waals surface area (Å²) < 4.78 is 16.8. The van der Waals surface area contributed by atoms with Crippen LogP contribution in [0.1, 0.15) is 27.4 Å². The molecule has 1 heterocycles. The van der Waals surface area contributed by atoms with Crippen molar-refractivity contribution in [3.63, 3.8) is 0 Å². The third kappa shape index (κ3) is 4.69. The number of hydrogen-bond donors (Lipinski definition) is 1. The number of halogens is 1. The van der Waals surface area contributed by atoms with Gasteiger partial charge in [-0.15, -0.1) is 0 Å². The van der Waals surface area contributed by atoms with Crippen molar-refractivity contribution in [1.82, 2.24) is 0 Å². The Bertz CT molecular complexity index is 1290. The van der Waals surface area contributed by atoms with Gasteiger partial charge < -0.3 is 19.9 Å². The first-order valence-electron chi connectivity index (χ1n) is 10.0. The van der Waals surface area contributed by atoms with Crippen molar-refractivity contribution in [2.75, 3.05) is 6.61 Å². The molecule has 0 aliphatic carbocycles. The maximum absolute atomic E-state index is 12.5. The molecule has 1 unspecified atom stereocenters. The van der Waals surface area contributed by atoms with Gasteiger partial charge in [-0.1, -0.05) is 42.5 Å². The number of rotatable bonds is 6. The molecule has 0 radical (unpaired) electrons. The highest BCUT2D eigenvalue weighted by Gasteiger charge is 2.31. The Hall–Kier alpha value is -4.21. The maximum atomic E-state index is 12.5. The second-order valence-corrected chi connectivity index (χ2v) is 7.63. The van der Waals surface area contributed by atoms with Gasteiger partial charge in [0.1, 0.15) is 35.5 Å². The van der Waals surface area contributed by atoms with Gasteiger partial charge in [0, 0.05) is 16.7 Å². The van der Waals surface area contributed by atoms with Gasteiger partial charge in [-0.2, -0.15) is 5.26 Å². The Kier molecular flexibility index (Phi) is 6.34. The maximum Gasteiger partial charge on any atom is 0.343 e. The van der Waals surface area contributed by atoms with E-state index >= 15 is 0 Å². The minimum Gasteiger partial charge on any atom is -0.490 e. The number of benzene rings is 3. The van der Waals surface area contributed by atoms with Crippen LogP contribution in [0.15, 0.2) is 90.8 Å². The average molecular weight is 459 g/mol. The fourth-order valence-corrected chi connectivity index (χ4v) is 3.66. The lowest BCUT2D eigenvalue weighted by Crippen LogP contribution is -2.21. The van der Waals surface area contributed by atoms with Crippen LogP contribution in [0.25, 0.3) is 0 Å². The van der Waals surface area contributed by atoms with Gasteiger partial charge in [-0.3, -0.25) is 0 Å². The van der Waals surface area contributed by atoms with E-state index in [0.717, 1.165) is 5.56 Å². The average Bonchev–Trinajstić information content (AvgIpc) is 2.82. The second kappa shape index (κ2) is 9.51. The first-order valence-corrected chi connectivity index (χ1v) is 10.4. The van der Waals surface area contributed by atoms with Gasteiger partial charge in [0.05, 0.1) is 11.5 Å². The molecule has 2 N–H and O–H groups in total. The number of nitrogens with two attached hydrogens (primary N) is 1. The highest BCUT2D eigenvalue weighted by atomic mass is 35.5. The summed E-state index contributed by atoms with van der Waals surface area (Å²) in [6.07, 6.45) is 1.65. The van der Waals surface area contributed by atoms with Crippen molar-refractivity contribution in [3.05, 3.63) is 113 Å². The minimum absolute atomic E-state index is 0.00593. The van der Waals surface area contributed by atoms with Crippen molar-refractivity contribution in [2.24, 2.45) is 5.73 Å². The second-order valence-electron chi connectivity index (χ2n) is 7.19. The molecule has 3 aromatic carbocycles. The topological polar surface area (TPSA) is 94.6 Å².